The summed E-state index contributed by atoms with van der Waals surface area (Å²) in [5.41, 5.74) is 1.95. The second-order valence-electron chi connectivity index (χ2n) is 4.20. The highest BCUT2D eigenvalue weighted by molar-refractivity contribution is 5.75. The van der Waals surface area contributed by atoms with Crippen LogP contribution in [0.4, 0.5) is 10.1 Å². The Hall–Kier alpha value is -2.69. The van der Waals surface area contributed by atoms with E-state index in [1.165, 1.54) is 6.07 Å². The van der Waals surface area contributed by atoms with Crippen molar-refractivity contribution in [3.63, 3.8) is 0 Å². The molecule has 0 atom stereocenters. The fraction of sp³-hybridized carbons (Fsp3) is 0.0667. The number of anilines is 1. The minimum Gasteiger partial charge on any atom is -0.457 e. The topological polar surface area (TPSA) is 47.0 Å². The molecule has 100 valence electrons. The third-order valence-corrected chi connectivity index (χ3v) is 2.89. The van der Waals surface area contributed by atoms with Crippen molar-refractivity contribution in [2.24, 2.45) is 0 Å². The maximum absolute atomic E-state index is 13.6. The molecule has 0 aliphatic carbocycles. The van der Waals surface area contributed by atoms with Crippen molar-refractivity contribution in [1.29, 1.82) is 0 Å². The lowest BCUT2D eigenvalue weighted by Crippen LogP contribution is -1.93. The number of benzene rings is 2. The molecule has 0 saturated carbocycles. The lowest BCUT2D eigenvalue weighted by molar-refractivity contribution is 0.477. The molecule has 0 spiro atoms. The monoisotopic (exact) mass is 269 g/mol. The maximum Gasteiger partial charge on any atom is 0.149 e. The molecular formula is C15H12FN3O. The number of aromatic nitrogens is 2. The fourth-order valence-electron chi connectivity index (χ4n) is 1.90. The van der Waals surface area contributed by atoms with Crippen molar-refractivity contribution in [2.75, 3.05) is 12.4 Å². The minimum atomic E-state index is -0.356. The Morgan fingerprint density at radius 1 is 0.950 bits per heavy atom. The van der Waals surface area contributed by atoms with Crippen LogP contribution >= 0.6 is 0 Å². The molecule has 0 amide bonds. The molecule has 5 heteroatoms. The molecule has 0 unspecified atom stereocenters. The van der Waals surface area contributed by atoms with E-state index in [9.17, 15) is 4.39 Å². The standard InChI is InChI=1S/C15H12FN3O/c1-17-13-4-2-10(8-12(13)16)20-11-3-5-14-15(9-11)19-7-6-18-14/h2-9,17H,1H3. The van der Waals surface area contributed by atoms with Gasteiger partial charge in [0, 0.05) is 31.6 Å². The summed E-state index contributed by atoms with van der Waals surface area (Å²) in [7, 11) is 1.67. The lowest BCUT2D eigenvalue weighted by Gasteiger charge is -2.08. The quantitative estimate of drug-likeness (QED) is 0.789. The van der Waals surface area contributed by atoms with E-state index in [4.69, 9.17) is 4.74 Å². The lowest BCUT2D eigenvalue weighted by atomic mass is 10.2. The Labute approximate surface area is 115 Å². The van der Waals surface area contributed by atoms with Crippen molar-refractivity contribution in [3.05, 3.63) is 54.6 Å². The first-order chi connectivity index (χ1) is 9.76. The van der Waals surface area contributed by atoms with Crippen LogP contribution in [-0.2, 0) is 0 Å². The molecular weight excluding hydrogens is 257 g/mol. The number of hydrogen-bond acceptors (Lipinski definition) is 4. The van der Waals surface area contributed by atoms with Gasteiger partial charge in [-0.2, -0.15) is 0 Å². The number of fused-ring (bicyclic) bond motifs is 1. The predicted molar refractivity (Wildman–Crippen MR) is 75.6 cm³/mol. The molecule has 0 bridgehead atoms. The summed E-state index contributed by atoms with van der Waals surface area (Å²) in [5, 5.41) is 2.76. The molecule has 3 aromatic rings. The van der Waals surface area contributed by atoms with Crippen LogP contribution in [0.3, 0.4) is 0 Å². The summed E-state index contributed by atoms with van der Waals surface area (Å²) in [6.07, 6.45) is 3.25. The molecule has 0 aliphatic heterocycles. The van der Waals surface area contributed by atoms with Gasteiger partial charge in [0.2, 0.25) is 0 Å². The van der Waals surface area contributed by atoms with Gasteiger partial charge in [-0.15, -0.1) is 0 Å². The Morgan fingerprint density at radius 3 is 2.40 bits per heavy atom. The highest BCUT2D eigenvalue weighted by Crippen LogP contribution is 2.26. The molecule has 3 rings (SSSR count). The van der Waals surface area contributed by atoms with E-state index in [-0.39, 0.29) is 5.82 Å². The van der Waals surface area contributed by atoms with Crippen LogP contribution in [0, 0.1) is 5.82 Å². The van der Waals surface area contributed by atoms with Gasteiger partial charge >= 0.3 is 0 Å². The summed E-state index contributed by atoms with van der Waals surface area (Å²) in [6, 6.07) is 10.0. The first-order valence-corrected chi connectivity index (χ1v) is 6.12. The van der Waals surface area contributed by atoms with Crippen LogP contribution < -0.4 is 10.1 Å². The predicted octanol–water partition coefficient (Wildman–Crippen LogP) is 3.60. The van der Waals surface area contributed by atoms with E-state index in [0.29, 0.717) is 17.2 Å². The van der Waals surface area contributed by atoms with Gasteiger partial charge in [-0.1, -0.05) is 0 Å². The molecule has 0 radical (unpaired) electrons. The van der Waals surface area contributed by atoms with E-state index in [2.05, 4.69) is 15.3 Å². The summed E-state index contributed by atoms with van der Waals surface area (Å²) < 4.78 is 19.3. The first kappa shape index (κ1) is 12.3. The number of nitrogens with zero attached hydrogens (tertiary/aromatic N) is 2. The third kappa shape index (κ3) is 2.38. The highest BCUT2D eigenvalue weighted by Gasteiger charge is 2.05. The molecule has 0 aliphatic rings. The van der Waals surface area contributed by atoms with Crippen LogP contribution in [0.25, 0.3) is 11.0 Å². The van der Waals surface area contributed by atoms with Crippen molar-refractivity contribution < 1.29 is 9.13 Å². The van der Waals surface area contributed by atoms with Crippen LogP contribution in [0.2, 0.25) is 0 Å². The SMILES string of the molecule is CNc1ccc(Oc2ccc3nccnc3c2)cc1F. The number of ether oxygens (including phenoxy) is 1. The van der Waals surface area contributed by atoms with Gasteiger partial charge in [-0.05, 0) is 24.3 Å². The van der Waals surface area contributed by atoms with Crippen LogP contribution in [0.1, 0.15) is 0 Å². The number of nitrogens with one attached hydrogen (secondary N) is 1. The maximum atomic E-state index is 13.6. The zero-order valence-electron chi connectivity index (χ0n) is 10.8. The first-order valence-electron chi connectivity index (χ1n) is 6.12. The van der Waals surface area contributed by atoms with E-state index >= 15 is 0 Å². The molecule has 1 heterocycles. The zero-order chi connectivity index (χ0) is 13.9. The van der Waals surface area contributed by atoms with Gasteiger partial charge in [-0.25, -0.2) is 4.39 Å². The van der Waals surface area contributed by atoms with Crippen LogP contribution in [0.5, 0.6) is 11.5 Å². The number of halogens is 1. The van der Waals surface area contributed by atoms with E-state index in [0.717, 1.165) is 11.0 Å². The molecule has 0 saturated heterocycles. The van der Waals surface area contributed by atoms with E-state index in [1.54, 1.807) is 43.7 Å². The van der Waals surface area contributed by atoms with Crippen LogP contribution in [-0.4, -0.2) is 17.0 Å². The fourth-order valence-corrected chi connectivity index (χ4v) is 1.90. The average Bonchev–Trinajstić information content (AvgIpc) is 2.47. The van der Waals surface area contributed by atoms with Gasteiger partial charge in [0.15, 0.2) is 0 Å². The molecule has 2 aromatic carbocycles. The minimum absolute atomic E-state index is 0.356. The average molecular weight is 269 g/mol. The van der Waals surface area contributed by atoms with Crippen molar-refractivity contribution in [1.82, 2.24) is 9.97 Å². The summed E-state index contributed by atoms with van der Waals surface area (Å²) in [5.74, 6) is 0.671. The van der Waals surface area contributed by atoms with E-state index in [1.807, 2.05) is 6.07 Å². The van der Waals surface area contributed by atoms with Crippen LogP contribution in [0.15, 0.2) is 48.8 Å². The Morgan fingerprint density at radius 2 is 1.65 bits per heavy atom. The van der Waals surface area contributed by atoms with Gasteiger partial charge < -0.3 is 10.1 Å². The molecule has 1 N–H and O–H groups in total. The Bertz CT molecular complexity index is 761. The normalized spacial score (nSPS) is 10.5. The molecule has 4 nitrogen and oxygen atoms in total. The number of rotatable bonds is 3. The smallest absolute Gasteiger partial charge is 0.149 e. The highest BCUT2D eigenvalue weighted by atomic mass is 19.1. The second-order valence-corrected chi connectivity index (χ2v) is 4.20. The van der Waals surface area contributed by atoms with E-state index < -0.39 is 0 Å². The van der Waals surface area contributed by atoms with Gasteiger partial charge in [-0.3, -0.25) is 9.97 Å². The Balaban J connectivity index is 1.90. The number of hydrogen-bond donors (Lipinski definition) is 1. The zero-order valence-corrected chi connectivity index (χ0v) is 10.8. The summed E-state index contributed by atoms with van der Waals surface area (Å²) >= 11 is 0. The summed E-state index contributed by atoms with van der Waals surface area (Å²) in [4.78, 5) is 8.38. The third-order valence-electron chi connectivity index (χ3n) is 2.89. The largest absolute Gasteiger partial charge is 0.457 e. The summed E-state index contributed by atoms with van der Waals surface area (Å²) in [6.45, 7) is 0. The van der Waals surface area contributed by atoms with Gasteiger partial charge in [0.05, 0.1) is 16.7 Å². The molecule has 0 fully saturated rings. The van der Waals surface area contributed by atoms with Crippen molar-refractivity contribution in [2.45, 2.75) is 0 Å². The Kier molecular flexibility index (Phi) is 3.16. The molecule has 1 aromatic heterocycles. The van der Waals surface area contributed by atoms with Crippen molar-refractivity contribution in [3.8, 4) is 11.5 Å². The van der Waals surface area contributed by atoms with Gasteiger partial charge in [0.1, 0.15) is 17.3 Å². The van der Waals surface area contributed by atoms with Crippen molar-refractivity contribution >= 4 is 16.7 Å². The molecule has 20 heavy (non-hydrogen) atoms. The van der Waals surface area contributed by atoms with Gasteiger partial charge in [0.25, 0.3) is 0 Å². The second kappa shape index (κ2) is 5.13.